The molecule has 286 valence electrons. The van der Waals surface area contributed by atoms with Crippen LogP contribution >= 0.6 is 0 Å². The molecular formula is C40H38FN9O6. The van der Waals surface area contributed by atoms with Crippen molar-refractivity contribution in [2.75, 3.05) is 13.2 Å². The number of imide groups is 1. The first kappa shape index (κ1) is 36.4. The number of aromatic nitrogens is 6. The molecule has 1 saturated heterocycles. The number of halogens is 1. The van der Waals surface area contributed by atoms with Gasteiger partial charge in [-0.2, -0.15) is 10.1 Å². The number of nitrogens with one attached hydrogen (secondary N) is 2. The minimum absolute atomic E-state index is 0.0657. The van der Waals surface area contributed by atoms with Crippen molar-refractivity contribution < 1.29 is 32.8 Å². The van der Waals surface area contributed by atoms with E-state index in [4.69, 9.17) is 19.0 Å². The van der Waals surface area contributed by atoms with E-state index in [2.05, 4.69) is 35.8 Å². The van der Waals surface area contributed by atoms with Gasteiger partial charge in [0.2, 0.25) is 11.8 Å². The number of nitrogens with zero attached hydrogens (tertiary/aromatic N) is 7. The van der Waals surface area contributed by atoms with E-state index in [0.29, 0.717) is 66.8 Å². The maximum Gasteiger partial charge on any atom is 0.292 e. The molecule has 2 aliphatic rings. The first-order valence-electron chi connectivity index (χ1n) is 18.1. The number of amides is 3. The Morgan fingerprint density at radius 2 is 1.95 bits per heavy atom. The smallest absolute Gasteiger partial charge is 0.292 e. The van der Waals surface area contributed by atoms with E-state index in [1.54, 1.807) is 22.7 Å². The van der Waals surface area contributed by atoms with Crippen LogP contribution in [0.5, 0.6) is 11.5 Å². The SMILES string of the molecule is CC(C)(C)c1nc(C(=O)NCc2ccc(-c3ncnn4cc(-c5ccc(CN6CCOc7cc(OC8CCC(=O)NC8=O)ccc7C6)cn5)cc34)cc2F)no1. The molecule has 2 N–H and O–H groups in total. The number of ether oxygens (including phenoxy) is 2. The Morgan fingerprint density at radius 3 is 2.71 bits per heavy atom. The lowest BCUT2D eigenvalue weighted by molar-refractivity contribution is -0.138. The Labute approximate surface area is 320 Å². The van der Waals surface area contributed by atoms with E-state index in [-0.39, 0.29) is 30.3 Å². The van der Waals surface area contributed by atoms with Crippen molar-refractivity contribution in [2.45, 2.75) is 64.8 Å². The summed E-state index contributed by atoms with van der Waals surface area (Å²) in [7, 11) is 0. The standard InChI is InChI=1S/C40H38FN9O6/c1-40(2,3)39-47-36(48-56-39)38(53)43-18-25-6-5-24(14-29(25)41)35-31-15-27(21-50(31)45-22-44-35)30-9-4-23(17-42-30)19-49-12-13-54-33-16-28(8-7-26(33)20-49)55-32-10-11-34(51)46-37(32)52/h4-9,14-17,21-22,32H,10-13,18-20H2,1-3H3,(H,43,53)(H,46,51,52). The third-order valence-corrected chi connectivity index (χ3v) is 9.53. The summed E-state index contributed by atoms with van der Waals surface area (Å²) in [5, 5.41) is 13.1. The molecule has 15 nitrogen and oxygen atoms in total. The lowest BCUT2D eigenvalue weighted by Gasteiger charge is -2.22. The van der Waals surface area contributed by atoms with E-state index in [1.807, 2.05) is 63.5 Å². The molecule has 56 heavy (non-hydrogen) atoms. The maximum absolute atomic E-state index is 15.3. The van der Waals surface area contributed by atoms with Gasteiger partial charge in [-0.15, -0.1) is 0 Å². The second-order valence-electron chi connectivity index (χ2n) is 14.8. The minimum atomic E-state index is -0.715. The molecule has 0 aliphatic carbocycles. The fourth-order valence-corrected chi connectivity index (χ4v) is 6.52. The van der Waals surface area contributed by atoms with Gasteiger partial charge in [-0.1, -0.05) is 50.2 Å². The topological polar surface area (TPSA) is 179 Å². The zero-order chi connectivity index (χ0) is 39.0. The fraction of sp³-hybridized carbons (Fsp3) is 0.300. The summed E-state index contributed by atoms with van der Waals surface area (Å²) in [4.78, 5) is 51.9. The molecule has 6 aromatic rings. The lowest BCUT2D eigenvalue weighted by Crippen LogP contribution is -2.46. The molecule has 16 heteroatoms. The Kier molecular flexibility index (Phi) is 9.72. The summed E-state index contributed by atoms with van der Waals surface area (Å²) >= 11 is 0. The van der Waals surface area contributed by atoms with Gasteiger partial charge in [-0.3, -0.25) is 29.6 Å². The van der Waals surface area contributed by atoms with Crippen molar-refractivity contribution in [3.63, 3.8) is 0 Å². The predicted octanol–water partition coefficient (Wildman–Crippen LogP) is 4.79. The van der Waals surface area contributed by atoms with Crippen molar-refractivity contribution in [1.82, 2.24) is 45.3 Å². The fourth-order valence-electron chi connectivity index (χ4n) is 6.52. The molecule has 0 saturated carbocycles. The second-order valence-corrected chi connectivity index (χ2v) is 14.8. The molecule has 2 aliphatic heterocycles. The number of carbonyl (C=O) groups is 3. The number of pyridine rings is 1. The summed E-state index contributed by atoms with van der Waals surface area (Å²) in [5.41, 5.74) is 5.23. The molecule has 1 atom stereocenters. The Bertz CT molecular complexity index is 2460. The van der Waals surface area contributed by atoms with Gasteiger partial charge in [0.1, 0.15) is 30.3 Å². The number of hydrogen-bond donors (Lipinski definition) is 2. The molecule has 1 fully saturated rings. The van der Waals surface area contributed by atoms with Crippen LogP contribution in [0.15, 0.2) is 77.8 Å². The summed E-state index contributed by atoms with van der Waals surface area (Å²) in [6.07, 6.45) is 4.99. The van der Waals surface area contributed by atoms with Crippen molar-refractivity contribution in [3.05, 3.63) is 108 Å². The third kappa shape index (κ3) is 7.82. The minimum Gasteiger partial charge on any atom is -0.492 e. The first-order valence-corrected chi connectivity index (χ1v) is 18.1. The van der Waals surface area contributed by atoms with Gasteiger partial charge < -0.3 is 19.3 Å². The van der Waals surface area contributed by atoms with Crippen LogP contribution in [-0.2, 0) is 34.6 Å². The number of carbonyl (C=O) groups excluding carboxylic acids is 3. The highest BCUT2D eigenvalue weighted by atomic mass is 19.1. The molecule has 0 spiro atoms. The maximum atomic E-state index is 15.3. The second kappa shape index (κ2) is 14.9. The number of rotatable bonds is 9. The average Bonchev–Trinajstić information content (AvgIpc) is 3.81. The molecule has 2 aromatic carbocycles. The van der Waals surface area contributed by atoms with Gasteiger partial charge in [0.05, 0.1) is 16.9 Å². The van der Waals surface area contributed by atoms with Gasteiger partial charge in [-0.25, -0.2) is 13.9 Å². The quantitative estimate of drug-likeness (QED) is 0.193. The van der Waals surface area contributed by atoms with Crippen LogP contribution in [0.1, 0.15) is 66.8 Å². The van der Waals surface area contributed by atoms with Crippen LogP contribution < -0.4 is 20.1 Å². The number of benzene rings is 2. The molecule has 4 aromatic heterocycles. The van der Waals surface area contributed by atoms with Crippen LogP contribution in [0.25, 0.3) is 28.0 Å². The normalized spacial score (nSPS) is 16.2. The summed E-state index contributed by atoms with van der Waals surface area (Å²) < 4.78 is 34.1. The largest absolute Gasteiger partial charge is 0.492 e. The highest BCUT2D eigenvalue weighted by Gasteiger charge is 2.29. The molecule has 6 heterocycles. The predicted molar refractivity (Wildman–Crippen MR) is 199 cm³/mol. The third-order valence-electron chi connectivity index (χ3n) is 9.53. The first-order chi connectivity index (χ1) is 27.0. The van der Waals surface area contributed by atoms with Crippen molar-refractivity contribution in [2.24, 2.45) is 0 Å². The van der Waals surface area contributed by atoms with Crippen LogP contribution in [-0.4, -0.2) is 71.6 Å². The highest BCUT2D eigenvalue weighted by Crippen LogP contribution is 2.31. The van der Waals surface area contributed by atoms with Crippen LogP contribution in [0.2, 0.25) is 0 Å². The molecule has 1 unspecified atom stereocenters. The van der Waals surface area contributed by atoms with Crippen molar-refractivity contribution >= 4 is 23.2 Å². The van der Waals surface area contributed by atoms with Crippen molar-refractivity contribution in [1.29, 1.82) is 0 Å². The van der Waals surface area contributed by atoms with E-state index in [0.717, 1.165) is 22.4 Å². The van der Waals surface area contributed by atoms with E-state index in [1.165, 1.54) is 12.4 Å². The van der Waals surface area contributed by atoms with E-state index < -0.39 is 29.2 Å². The number of fused-ring (bicyclic) bond motifs is 2. The molecule has 3 amide bonds. The Morgan fingerprint density at radius 1 is 1.07 bits per heavy atom. The lowest BCUT2D eigenvalue weighted by atomic mass is 9.97. The van der Waals surface area contributed by atoms with Gasteiger partial charge in [0.25, 0.3) is 17.6 Å². The Hall–Kier alpha value is -6.55. The van der Waals surface area contributed by atoms with Crippen molar-refractivity contribution in [3.8, 4) is 34.0 Å². The van der Waals surface area contributed by atoms with E-state index in [9.17, 15) is 14.4 Å². The average molecular weight is 760 g/mol. The van der Waals surface area contributed by atoms with Crippen LogP contribution in [0.3, 0.4) is 0 Å². The summed E-state index contributed by atoms with van der Waals surface area (Å²) in [6.45, 7) is 8.09. The van der Waals surface area contributed by atoms with Gasteiger partial charge in [-0.05, 0) is 29.8 Å². The molecule has 8 rings (SSSR count). The number of piperidine rings is 1. The highest BCUT2D eigenvalue weighted by molar-refractivity contribution is 6.00. The molecule has 0 radical (unpaired) electrons. The van der Waals surface area contributed by atoms with Gasteiger partial charge in [0.15, 0.2) is 6.10 Å². The zero-order valence-electron chi connectivity index (χ0n) is 30.9. The monoisotopic (exact) mass is 759 g/mol. The van der Waals surface area contributed by atoms with Crippen LogP contribution in [0.4, 0.5) is 4.39 Å². The van der Waals surface area contributed by atoms with Gasteiger partial charge >= 0.3 is 0 Å². The zero-order valence-corrected chi connectivity index (χ0v) is 30.9. The number of hydrogen-bond acceptors (Lipinski definition) is 12. The summed E-state index contributed by atoms with van der Waals surface area (Å²) in [5.74, 6) is -0.340. The summed E-state index contributed by atoms with van der Waals surface area (Å²) in [6, 6.07) is 16.2. The Balaban J connectivity index is 0.911. The molecular weight excluding hydrogens is 721 g/mol. The van der Waals surface area contributed by atoms with E-state index >= 15 is 4.39 Å². The molecule has 0 bridgehead atoms. The van der Waals surface area contributed by atoms with Gasteiger partial charge in [0, 0.05) is 85.1 Å². The van der Waals surface area contributed by atoms with Crippen LogP contribution in [0, 0.1) is 5.82 Å².